The first kappa shape index (κ1) is 10.4. The van der Waals surface area contributed by atoms with Crippen molar-refractivity contribution in [3.8, 4) is 0 Å². The topological polar surface area (TPSA) is 42.1 Å². The maximum Gasteiger partial charge on any atom is 0.185 e. The van der Waals surface area contributed by atoms with Gasteiger partial charge in [-0.1, -0.05) is 0 Å². The first-order valence-corrected chi connectivity index (χ1v) is 5.41. The van der Waals surface area contributed by atoms with E-state index in [0.717, 1.165) is 23.2 Å². The second-order valence-corrected chi connectivity index (χ2v) is 4.31. The summed E-state index contributed by atoms with van der Waals surface area (Å²) in [5, 5.41) is 0. The summed E-state index contributed by atoms with van der Waals surface area (Å²) in [6.07, 6.45) is 2.79. The zero-order valence-corrected chi connectivity index (χ0v) is 9.46. The molecule has 2 unspecified atom stereocenters. The summed E-state index contributed by atoms with van der Waals surface area (Å²) in [5.74, 6) is 0.229. The van der Waals surface area contributed by atoms with Crippen molar-refractivity contribution in [3.63, 3.8) is 0 Å². The van der Waals surface area contributed by atoms with Crippen LogP contribution in [0.2, 0.25) is 0 Å². The standard InChI is InChI=1S/C12H17NO2/c1-7-6-13-11(8(7)2)12(14)10-4-5-15-9(10)3/h6,9-10,13H,4-5H2,1-3H3. The minimum atomic E-state index is 0.0294. The number of carbonyl (C=O) groups is 1. The number of carbonyl (C=O) groups excluding carboxylic acids is 1. The lowest BCUT2D eigenvalue weighted by molar-refractivity contribution is 0.0760. The predicted molar refractivity (Wildman–Crippen MR) is 58.1 cm³/mol. The molecule has 1 N–H and O–H groups in total. The molecule has 1 aliphatic rings. The minimum Gasteiger partial charge on any atom is -0.378 e. The van der Waals surface area contributed by atoms with Gasteiger partial charge in [0.2, 0.25) is 0 Å². The lowest BCUT2D eigenvalue weighted by Gasteiger charge is -2.12. The number of aromatic amines is 1. The van der Waals surface area contributed by atoms with Crippen molar-refractivity contribution in [2.24, 2.45) is 5.92 Å². The van der Waals surface area contributed by atoms with Crippen molar-refractivity contribution in [1.82, 2.24) is 4.98 Å². The van der Waals surface area contributed by atoms with Crippen LogP contribution in [0.1, 0.15) is 35.0 Å². The molecular formula is C12H17NO2. The summed E-state index contributed by atoms with van der Waals surface area (Å²) in [7, 11) is 0. The molecule has 3 heteroatoms. The molecule has 1 saturated heterocycles. The zero-order chi connectivity index (χ0) is 11.0. The summed E-state index contributed by atoms with van der Waals surface area (Å²) in [5.41, 5.74) is 2.97. The molecule has 1 aromatic rings. The van der Waals surface area contributed by atoms with Gasteiger partial charge in [-0.05, 0) is 38.3 Å². The summed E-state index contributed by atoms with van der Waals surface area (Å²) in [6.45, 7) is 6.67. The van der Waals surface area contributed by atoms with Crippen molar-refractivity contribution in [1.29, 1.82) is 0 Å². The van der Waals surface area contributed by atoms with E-state index in [0.29, 0.717) is 6.61 Å². The van der Waals surface area contributed by atoms with Gasteiger partial charge >= 0.3 is 0 Å². The van der Waals surface area contributed by atoms with Crippen LogP contribution in [0.25, 0.3) is 0 Å². The molecule has 0 amide bonds. The molecule has 1 aliphatic heterocycles. The van der Waals surface area contributed by atoms with E-state index in [1.165, 1.54) is 0 Å². The Kier molecular flexibility index (Phi) is 2.65. The van der Waals surface area contributed by atoms with Crippen LogP contribution in [0, 0.1) is 19.8 Å². The second kappa shape index (κ2) is 3.81. The van der Waals surface area contributed by atoms with Gasteiger partial charge in [0.25, 0.3) is 0 Å². The molecule has 82 valence electrons. The largest absolute Gasteiger partial charge is 0.378 e. The molecule has 15 heavy (non-hydrogen) atoms. The lowest BCUT2D eigenvalue weighted by Crippen LogP contribution is -2.22. The quantitative estimate of drug-likeness (QED) is 0.756. The van der Waals surface area contributed by atoms with Gasteiger partial charge in [0.15, 0.2) is 5.78 Å². The third-order valence-electron chi connectivity index (χ3n) is 3.36. The molecule has 0 aliphatic carbocycles. The summed E-state index contributed by atoms with van der Waals surface area (Å²) >= 11 is 0. The van der Waals surface area contributed by atoms with Crippen molar-refractivity contribution < 1.29 is 9.53 Å². The average molecular weight is 207 g/mol. The van der Waals surface area contributed by atoms with Crippen molar-refractivity contribution in [2.75, 3.05) is 6.61 Å². The third-order valence-corrected chi connectivity index (χ3v) is 3.36. The number of ketones is 1. The second-order valence-electron chi connectivity index (χ2n) is 4.31. The number of hydrogen-bond donors (Lipinski definition) is 1. The Morgan fingerprint density at radius 2 is 2.27 bits per heavy atom. The highest BCUT2D eigenvalue weighted by atomic mass is 16.5. The molecule has 0 radical (unpaired) electrons. The maximum atomic E-state index is 12.2. The lowest BCUT2D eigenvalue weighted by atomic mass is 9.93. The first-order valence-electron chi connectivity index (χ1n) is 5.41. The van der Waals surface area contributed by atoms with Crippen molar-refractivity contribution in [3.05, 3.63) is 23.0 Å². The molecule has 1 aromatic heterocycles. The molecule has 2 heterocycles. The van der Waals surface area contributed by atoms with Gasteiger partial charge in [-0.25, -0.2) is 0 Å². The van der Waals surface area contributed by atoms with Gasteiger partial charge in [-0.3, -0.25) is 4.79 Å². The van der Waals surface area contributed by atoms with E-state index >= 15 is 0 Å². The molecule has 0 spiro atoms. The number of nitrogens with one attached hydrogen (secondary N) is 1. The minimum absolute atomic E-state index is 0.0294. The van der Waals surface area contributed by atoms with Crippen molar-refractivity contribution in [2.45, 2.75) is 33.3 Å². The Morgan fingerprint density at radius 3 is 2.73 bits per heavy atom. The fourth-order valence-corrected chi connectivity index (χ4v) is 2.11. The number of aryl methyl sites for hydroxylation is 1. The van der Waals surface area contributed by atoms with Crippen LogP contribution >= 0.6 is 0 Å². The molecular weight excluding hydrogens is 190 g/mol. The molecule has 1 fully saturated rings. The van der Waals surface area contributed by atoms with Crippen LogP contribution in [0.15, 0.2) is 6.20 Å². The smallest absolute Gasteiger partial charge is 0.185 e. The zero-order valence-electron chi connectivity index (χ0n) is 9.46. The number of rotatable bonds is 2. The van der Waals surface area contributed by atoms with E-state index in [1.54, 1.807) is 0 Å². The first-order chi connectivity index (χ1) is 7.11. The van der Waals surface area contributed by atoms with Gasteiger partial charge in [0, 0.05) is 12.8 Å². The molecule has 2 rings (SSSR count). The van der Waals surface area contributed by atoms with Crippen LogP contribution in [0.4, 0.5) is 0 Å². The van der Waals surface area contributed by atoms with E-state index in [1.807, 2.05) is 27.0 Å². The van der Waals surface area contributed by atoms with Crippen LogP contribution < -0.4 is 0 Å². The van der Waals surface area contributed by atoms with Crippen LogP contribution in [-0.4, -0.2) is 23.5 Å². The highest BCUT2D eigenvalue weighted by molar-refractivity contribution is 5.98. The number of ether oxygens (including phenoxy) is 1. The summed E-state index contributed by atoms with van der Waals surface area (Å²) < 4.78 is 5.42. The number of Topliss-reactive ketones (excluding diaryl/α,β-unsaturated/α-hetero) is 1. The van der Waals surface area contributed by atoms with E-state index < -0.39 is 0 Å². The van der Waals surface area contributed by atoms with Gasteiger partial charge in [0.1, 0.15) is 0 Å². The Labute approximate surface area is 89.8 Å². The fraction of sp³-hybridized carbons (Fsp3) is 0.583. The van der Waals surface area contributed by atoms with Crippen LogP contribution in [-0.2, 0) is 4.74 Å². The summed E-state index contributed by atoms with van der Waals surface area (Å²) in [4.78, 5) is 15.2. The molecule has 0 saturated carbocycles. The molecule has 0 bridgehead atoms. The monoisotopic (exact) mass is 207 g/mol. The van der Waals surface area contributed by atoms with E-state index in [4.69, 9.17) is 4.74 Å². The fourth-order valence-electron chi connectivity index (χ4n) is 2.11. The number of aromatic nitrogens is 1. The van der Waals surface area contributed by atoms with Crippen LogP contribution in [0.5, 0.6) is 0 Å². The molecule has 2 atom stereocenters. The highest BCUT2D eigenvalue weighted by Gasteiger charge is 2.32. The maximum absolute atomic E-state index is 12.2. The predicted octanol–water partition coefficient (Wildman–Crippen LogP) is 2.24. The Morgan fingerprint density at radius 1 is 1.53 bits per heavy atom. The Balaban J connectivity index is 2.24. The normalized spacial score (nSPS) is 25.8. The van der Waals surface area contributed by atoms with Gasteiger partial charge < -0.3 is 9.72 Å². The van der Waals surface area contributed by atoms with Gasteiger partial charge in [-0.15, -0.1) is 0 Å². The third kappa shape index (κ3) is 1.72. The number of hydrogen-bond acceptors (Lipinski definition) is 2. The summed E-state index contributed by atoms with van der Waals surface area (Å²) in [6, 6.07) is 0. The highest BCUT2D eigenvalue weighted by Crippen LogP contribution is 2.26. The molecule has 0 aromatic carbocycles. The van der Waals surface area contributed by atoms with E-state index in [2.05, 4.69) is 4.98 Å². The van der Waals surface area contributed by atoms with Gasteiger partial charge in [-0.2, -0.15) is 0 Å². The Bertz CT molecular complexity index is 381. The van der Waals surface area contributed by atoms with Gasteiger partial charge in [0.05, 0.1) is 17.7 Å². The average Bonchev–Trinajstić information content (AvgIpc) is 2.75. The number of H-pyrrole nitrogens is 1. The van der Waals surface area contributed by atoms with Crippen molar-refractivity contribution >= 4 is 5.78 Å². The Hall–Kier alpha value is -1.09. The van der Waals surface area contributed by atoms with E-state index in [-0.39, 0.29) is 17.8 Å². The molecule has 3 nitrogen and oxygen atoms in total. The SMILES string of the molecule is Cc1c[nH]c(C(=O)C2CCOC2C)c1C. The van der Waals surface area contributed by atoms with Crippen LogP contribution in [0.3, 0.4) is 0 Å². The van der Waals surface area contributed by atoms with E-state index in [9.17, 15) is 4.79 Å².